The van der Waals surface area contributed by atoms with Crippen molar-refractivity contribution in [3.8, 4) is 0 Å². The van der Waals surface area contributed by atoms with Gasteiger partial charge in [-0.2, -0.15) is 0 Å². The molecule has 2 bridgehead atoms. The molecule has 0 aromatic carbocycles. The number of rotatable bonds is 9. The molecular formula is C46H74O17. The van der Waals surface area contributed by atoms with E-state index < -0.39 is 110 Å². The summed E-state index contributed by atoms with van der Waals surface area (Å²) in [5.41, 5.74) is -0.453. The summed E-state index contributed by atoms with van der Waals surface area (Å²) in [7, 11) is 0. The van der Waals surface area contributed by atoms with Crippen LogP contribution in [0, 0.1) is 45.3 Å². The summed E-state index contributed by atoms with van der Waals surface area (Å²) in [5, 5.41) is 96.7. The van der Waals surface area contributed by atoms with Gasteiger partial charge in [-0.15, -0.1) is 0 Å². The summed E-state index contributed by atoms with van der Waals surface area (Å²) in [6.45, 7) is 14.6. The topological polar surface area (TPSA) is 256 Å². The lowest BCUT2D eigenvalue weighted by Crippen LogP contribution is -2.67. The molecule has 5 aliphatic heterocycles. The van der Waals surface area contributed by atoms with Gasteiger partial charge in [0.1, 0.15) is 61.0 Å². The Morgan fingerprint density at radius 2 is 1.35 bits per heavy atom. The van der Waals surface area contributed by atoms with Crippen LogP contribution in [0.25, 0.3) is 0 Å². The largest absolute Gasteiger partial charge is 0.394 e. The molecule has 0 aromatic rings. The number of hydrogen-bond donors (Lipinski definition) is 9. The van der Waals surface area contributed by atoms with Crippen LogP contribution in [0.1, 0.15) is 99.8 Å². The number of hydrogen-bond acceptors (Lipinski definition) is 17. The molecule has 0 radical (unpaired) electrons. The Hall–Kier alpha value is -0.940. The maximum absolute atomic E-state index is 12.2. The molecule has 0 unspecified atom stereocenters. The lowest BCUT2D eigenvalue weighted by Gasteiger charge is -2.70. The smallest absolute Gasteiger partial charge is 0.187 e. The molecule has 24 atom stereocenters. The van der Waals surface area contributed by atoms with Crippen LogP contribution in [-0.4, -0.2) is 176 Å². The molecule has 9 N–H and O–H groups in total. The van der Waals surface area contributed by atoms with Crippen molar-refractivity contribution in [2.45, 2.75) is 203 Å². The van der Waals surface area contributed by atoms with Crippen LogP contribution in [0.3, 0.4) is 0 Å². The van der Waals surface area contributed by atoms with Gasteiger partial charge in [-0.05, 0) is 93.3 Å². The van der Waals surface area contributed by atoms with Crippen LogP contribution in [-0.2, 0) is 37.9 Å². The van der Waals surface area contributed by atoms with E-state index in [-0.39, 0.29) is 52.8 Å². The van der Waals surface area contributed by atoms with E-state index in [2.05, 4.69) is 47.6 Å². The zero-order valence-electron chi connectivity index (χ0n) is 37.8. The van der Waals surface area contributed by atoms with Crippen molar-refractivity contribution in [2.24, 2.45) is 45.3 Å². The molecule has 63 heavy (non-hydrogen) atoms. The number of ether oxygens (including phenoxy) is 8. The number of aliphatic hydroxyl groups is 9. The summed E-state index contributed by atoms with van der Waals surface area (Å²) in [4.78, 5) is 0. The number of allylic oxidation sites excluding steroid dienone is 1. The van der Waals surface area contributed by atoms with Gasteiger partial charge < -0.3 is 83.9 Å². The average Bonchev–Trinajstić information content (AvgIpc) is 3.83. The van der Waals surface area contributed by atoms with Gasteiger partial charge in [0.05, 0.1) is 44.2 Å². The highest BCUT2D eigenvalue weighted by molar-refractivity contribution is 5.26. The van der Waals surface area contributed by atoms with Crippen LogP contribution in [0.4, 0.5) is 0 Å². The monoisotopic (exact) mass is 898 g/mol. The van der Waals surface area contributed by atoms with E-state index in [9.17, 15) is 46.0 Å². The summed E-state index contributed by atoms with van der Waals surface area (Å²) in [6.07, 6.45) is -11.0. The van der Waals surface area contributed by atoms with Crippen molar-refractivity contribution >= 4 is 0 Å². The predicted octanol–water partition coefficient (Wildman–Crippen LogP) is 0.606. The van der Waals surface area contributed by atoms with E-state index in [1.54, 1.807) is 0 Å². The molecule has 9 fully saturated rings. The molecule has 17 nitrogen and oxygen atoms in total. The molecule has 9 rings (SSSR count). The molecule has 2 spiro atoms. The summed E-state index contributed by atoms with van der Waals surface area (Å²) in [6, 6.07) is 0. The van der Waals surface area contributed by atoms with E-state index in [1.165, 1.54) is 0 Å². The molecule has 0 amide bonds. The van der Waals surface area contributed by atoms with Gasteiger partial charge in [0.2, 0.25) is 0 Å². The zero-order valence-corrected chi connectivity index (χ0v) is 37.8. The Labute approximate surface area is 369 Å². The maximum Gasteiger partial charge on any atom is 0.187 e. The van der Waals surface area contributed by atoms with Gasteiger partial charge in [-0.1, -0.05) is 39.3 Å². The second-order valence-electron chi connectivity index (χ2n) is 22.5. The molecule has 5 saturated heterocycles. The van der Waals surface area contributed by atoms with Crippen molar-refractivity contribution in [1.82, 2.24) is 0 Å². The third-order valence-electron chi connectivity index (χ3n) is 18.4. The second kappa shape index (κ2) is 16.4. The molecule has 17 heteroatoms. The first-order chi connectivity index (χ1) is 29.6. The van der Waals surface area contributed by atoms with Crippen molar-refractivity contribution < 1.29 is 83.9 Å². The average molecular weight is 899 g/mol. The van der Waals surface area contributed by atoms with Gasteiger partial charge in [-0.3, -0.25) is 0 Å². The molecular weight excluding hydrogens is 824 g/mol. The molecule has 360 valence electrons. The fourth-order valence-corrected chi connectivity index (χ4v) is 15.6. The lowest BCUT2D eigenvalue weighted by molar-refractivity contribution is -0.375. The Kier molecular flexibility index (Phi) is 12.2. The minimum Gasteiger partial charge on any atom is -0.394 e. The first-order valence-electron chi connectivity index (χ1n) is 23.5. The SMILES string of the molecule is CC(C)=C[C@H]1C[C@](C)(O)[C@@H]2[C@H]3CC[C@@H]4[C@@]5(C)CC[C@H](O[C@@H]6OC[C@H](O)[C@H](O[C@@H]7O[C@H](CO)[C@@H](O)[C@H](O)[C@H]7O)[C@H]6O[C@@H]6O[C@@H](CO)[C@H](O)[C@H]6O)C(C)(C)[C@@H]5CC[C@@]4(C)[C@]34CO[C@]2(C4)O1. The highest BCUT2D eigenvalue weighted by Gasteiger charge is 2.81. The van der Waals surface area contributed by atoms with Gasteiger partial charge in [0.15, 0.2) is 24.7 Å². The van der Waals surface area contributed by atoms with E-state index >= 15 is 0 Å². The summed E-state index contributed by atoms with van der Waals surface area (Å²) >= 11 is 0. The number of aliphatic hydroxyl groups excluding tert-OH is 8. The third kappa shape index (κ3) is 7.11. The van der Waals surface area contributed by atoms with E-state index in [0.29, 0.717) is 25.4 Å². The fraction of sp³-hybridized carbons (Fsp3) is 0.957. The van der Waals surface area contributed by atoms with Crippen LogP contribution in [0.5, 0.6) is 0 Å². The van der Waals surface area contributed by atoms with E-state index in [0.717, 1.165) is 44.1 Å². The van der Waals surface area contributed by atoms with E-state index in [1.807, 2.05) is 6.92 Å². The maximum atomic E-state index is 12.2. The fourth-order valence-electron chi connectivity index (χ4n) is 15.6. The minimum atomic E-state index is -1.79. The Balaban J connectivity index is 0.969. The van der Waals surface area contributed by atoms with Crippen molar-refractivity contribution in [2.75, 3.05) is 26.4 Å². The van der Waals surface area contributed by atoms with Crippen LogP contribution in [0.15, 0.2) is 11.6 Å². The third-order valence-corrected chi connectivity index (χ3v) is 18.4. The molecule has 4 aliphatic carbocycles. The molecule has 9 aliphatic rings. The summed E-state index contributed by atoms with van der Waals surface area (Å²) in [5.74, 6) is -0.0237. The Morgan fingerprint density at radius 3 is 2.00 bits per heavy atom. The minimum absolute atomic E-state index is 0.0626. The standard InChI is InChI=1S/C46H74O17/c1-21(2)14-22-15-44(7,55)37-23-8-9-28-42(5)12-11-29(41(3,4)27(42)10-13-43(28,6)45(23)19-46(37,63-22)57-20-45)60-40-36(62-38-33(53)31(51)26(17-48)59-38)35(24(49)18-56-40)61-39-34(54)32(52)30(50)25(16-47)58-39/h14,22-40,47-55H,8-13,15-20H2,1-7H3/t22-,23+,24-,25+,26-,27-,28+,29-,30+,31-,32-,33+,34+,35-,36+,37-,38-,39-,40-,42-,43+,44-,45+,46+/m0/s1. The highest BCUT2D eigenvalue weighted by atomic mass is 16.8. The summed E-state index contributed by atoms with van der Waals surface area (Å²) < 4.78 is 50.7. The highest BCUT2D eigenvalue weighted by Crippen LogP contribution is 2.80. The second-order valence-corrected chi connectivity index (χ2v) is 22.5. The molecule has 4 saturated carbocycles. The molecule has 0 aromatic heterocycles. The van der Waals surface area contributed by atoms with Crippen LogP contribution in [0.2, 0.25) is 0 Å². The lowest BCUT2D eigenvalue weighted by atomic mass is 9.35. The Morgan fingerprint density at radius 1 is 0.714 bits per heavy atom. The van der Waals surface area contributed by atoms with Crippen LogP contribution >= 0.6 is 0 Å². The first-order valence-corrected chi connectivity index (χ1v) is 23.5. The van der Waals surface area contributed by atoms with Gasteiger partial charge in [0.25, 0.3) is 0 Å². The van der Waals surface area contributed by atoms with Crippen LogP contribution < -0.4 is 0 Å². The zero-order chi connectivity index (χ0) is 45.4. The van der Waals surface area contributed by atoms with Gasteiger partial charge in [0, 0.05) is 24.2 Å². The first kappa shape index (κ1) is 47.1. The molecule has 5 heterocycles. The van der Waals surface area contributed by atoms with Crippen molar-refractivity contribution in [3.05, 3.63) is 11.6 Å². The predicted molar refractivity (Wildman–Crippen MR) is 219 cm³/mol. The Bertz CT molecular complexity index is 1710. The number of fused-ring (bicyclic) bond motifs is 4. The van der Waals surface area contributed by atoms with E-state index in [4.69, 9.17) is 37.9 Å². The van der Waals surface area contributed by atoms with Crippen molar-refractivity contribution in [1.29, 1.82) is 0 Å². The van der Waals surface area contributed by atoms with Crippen molar-refractivity contribution in [3.63, 3.8) is 0 Å². The van der Waals surface area contributed by atoms with Gasteiger partial charge in [-0.25, -0.2) is 0 Å². The normalized spacial score (nSPS) is 57.2. The van der Waals surface area contributed by atoms with Gasteiger partial charge >= 0.3 is 0 Å². The quantitative estimate of drug-likeness (QED) is 0.114.